The third kappa shape index (κ3) is 3.49. The topological polar surface area (TPSA) is 12.5 Å². The second-order valence-corrected chi connectivity index (χ2v) is 6.25. The predicted molar refractivity (Wildman–Crippen MR) is 82.5 cm³/mol. The number of piperidine rings is 1. The van der Waals surface area contributed by atoms with Gasteiger partial charge in [-0.2, -0.15) is 0 Å². The molecule has 1 heterocycles. The molecule has 1 fully saturated rings. The second-order valence-electron chi connectivity index (χ2n) is 4.74. The van der Waals surface area contributed by atoms with E-state index in [9.17, 15) is 0 Å². The molecule has 0 aliphatic carbocycles. The molecule has 1 aromatic carbocycles. The molecule has 0 aromatic heterocycles. The first-order valence-electron chi connectivity index (χ1n) is 6.37. The highest BCUT2D eigenvalue weighted by Crippen LogP contribution is 2.27. The highest BCUT2D eigenvalue weighted by atomic mass is 79.9. The van der Waals surface area contributed by atoms with Crippen molar-refractivity contribution in [2.45, 2.75) is 31.8 Å². The largest absolute Gasteiger partial charge is 0.496 e. The van der Waals surface area contributed by atoms with Crippen LogP contribution < -0.4 is 4.74 Å². The average molecular weight is 377 g/mol. The van der Waals surface area contributed by atoms with Gasteiger partial charge in [0.1, 0.15) is 5.75 Å². The molecule has 0 N–H and O–H groups in total. The number of likely N-dealkylation sites (tertiary alicyclic amines) is 1. The van der Waals surface area contributed by atoms with Crippen molar-refractivity contribution in [3.8, 4) is 5.75 Å². The van der Waals surface area contributed by atoms with E-state index >= 15 is 0 Å². The maximum absolute atomic E-state index is 5.26. The van der Waals surface area contributed by atoms with Crippen molar-refractivity contribution >= 4 is 31.9 Å². The van der Waals surface area contributed by atoms with E-state index in [-0.39, 0.29) is 0 Å². The quantitative estimate of drug-likeness (QED) is 0.730. The number of ether oxygens (including phenoxy) is 1. The summed E-state index contributed by atoms with van der Waals surface area (Å²) in [7, 11) is 1.70. The van der Waals surface area contributed by atoms with E-state index in [0.29, 0.717) is 6.04 Å². The fraction of sp³-hybridized carbons (Fsp3) is 0.571. The lowest BCUT2D eigenvalue weighted by molar-refractivity contribution is 0.156. The standard InChI is InChI=1S/C14H19Br2NO/c1-18-14-6-5-11(8-13(14)16)10-17-7-3-2-4-12(17)9-15/h5-6,8,12H,2-4,7,9-10H2,1H3. The number of alkyl halides is 1. The van der Waals surface area contributed by atoms with Crippen LogP contribution in [0.2, 0.25) is 0 Å². The summed E-state index contributed by atoms with van der Waals surface area (Å²) in [4.78, 5) is 2.58. The monoisotopic (exact) mass is 375 g/mol. The van der Waals surface area contributed by atoms with Gasteiger partial charge in [-0.05, 0) is 53.0 Å². The lowest BCUT2D eigenvalue weighted by Crippen LogP contribution is -2.39. The Balaban J connectivity index is 2.05. The van der Waals surface area contributed by atoms with Crippen LogP contribution in [0.1, 0.15) is 24.8 Å². The van der Waals surface area contributed by atoms with Crippen LogP contribution >= 0.6 is 31.9 Å². The van der Waals surface area contributed by atoms with E-state index in [4.69, 9.17) is 4.74 Å². The summed E-state index contributed by atoms with van der Waals surface area (Å²) < 4.78 is 6.30. The zero-order chi connectivity index (χ0) is 13.0. The van der Waals surface area contributed by atoms with Gasteiger partial charge in [-0.3, -0.25) is 4.90 Å². The van der Waals surface area contributed by atoms with Gasteiger partial charge < -0.3 is 4.74 Å². The Morgan fingerprint density at radius 2 is 2.22 bits per heavy atom. The first kappa shape index (κ1) is 14.4. The summed E-state index contributed by atoms with van der Waals surface area (Å²) in [6, 6.07) is 7.04. The number of rotatable bonds is 4. The van der Waals surface area contributed by atoms with Gasteiger partial charge in [-0.15, -0.1) is 0 Å². The van der Waals surface area contributed by atoms with Crippen molar-refractivity contribution in [1.29, 1.82) is 0 Å². The number of halogens is 2. The second kappa shape index (κ2) is 6.92. The van der Waals surface area contributed by atoms with Crippen molar-refractivity contribution in [2.75, 3.05) is 19.0 Å². The van der Waals surface area contributed by atoms with Crippen LogP contribution in [-0.4, -0.2) is 29.9 Å². The number of hydrogen-bond donors (Lipinski definition) is 0. The molecular formula is C14H19Br2NO. The highest BCUT2D eigenvalue weighted by Gasteiger charge is 2.21. The predicted octanol–water partition coefficient (Wildman–Crippen LogP) is 4.21. The fourth-order valence-electron chi connectivity index (χ4n) is 2.49. The number of methoxy groups -OCH3 is 1. The van der Waals surface area contributed by atoms with Crippen LogP contribution in [0.4, 0.5) is 0 Å². The summed E-state index contributed by atoms with van der Waals surface area (Å²) in [6.07, 6.45) is 3.99. The Labute approximate surface area is 126 Å². The summed E-state index contributed by atoms with van der Waals surface area (Å²) in [6.45, 7) is 2.23. The highest BCUT2D eigenvalue weighted by molar-refractivity contribution is 9.10. The minimum atomic E-state index is 0.680. The Morgan fingerprint density at radius 1 is 1.39 bits per heavy atom. The third-order valence-electron chi connectivity index (χ3n) is 3.53. The molecule has 0 saturated carbocycles. The van der Waals surface area contributed by atoms with Gasteiger partial charge in [0.05, 0.1) is 11.6 Å². The molecule has 0 spiro atoms. The first-order chi connectivity index (χ1) is 8.74. The van der Waals surface area contributed by atoms with E-state index in [1.54, 1.807) is 7.11 Å². The maximum Gasteiger partial charge on any atom is 0.133 e. The van der Waals surface area contributed by atoms with Crippen molar-refractivity contribution in [1.82, 2.24) is 4.90 Å². The van der Waals surface area contributed by atoms with Crippen LogP contribution in [0, 0.1) is 0 Å². The maximum atomic E-state index is 5.26. The molecule has 0 radical (unpaired) electrons. The molecule has 1 aromatic rings. The minimum Gasteiger partial charge on any atom is -0.496 e. The van der Waals surface area contributed by atoms with Crippen molar-refractivity contribution in [2.24, 2.45) is 0 Å². The van der Waals surface area contributed by atoms with Crippen LogP contribution in [0.15, 0.2) is 22.7 Å². The molecule has 1 unspecified atom stereocenters. The molecule has 100 valence electrons. The van der Waals surface area contributed by atoms with E-state index in [0.717, 1.165) is 22.1 Å². The zero-order valence-corrected chi connectivity index (χ0v) is 13.8. The molecule has 0 amide bonds. The molecule has 1 aliphatic heterocycles. The van der Waals surface area contributed by atoms with Gasteiger partial charge in [0.15, 0.2) is 0 Å². The summed E-state index contributed by atoms with van der Waals surface area (Å²) in [5.74, 6) is 0.898. The molecule has 0 bridgehead atoms. The van der Waals surface area contributed by atoms with E-state index in [1.165, 1.54) is 31.4 Å². The SMILES string of the molecule is COc1ccc(CN2CCCCC2CBr)cc1Br. The number of hydrogen-bond acceptors (Lipinski definition) is 2. The molecule has 4 heteroatoms. The first-order valence-corrected chi connectivity index (χ1v) is 8.28. The molecule has 18 heavy (non-hydrogen) atoms. The third-order valence-corrected chi connectivity index (χ3v) is 4.90. The zero-order valence-electron chi connectivity index (χ0n) is 10.7. The van der Waals surface area contributed by atoms with Gasteiger partial charge in [0.2, 0.25) is 0 Å². The van der Waals surface area contributed by atoms with Crippen LogP contribution in [0.25, 0.3) is 0 Å². The minimum absolute atomic E-state index is 0.680. The molecule has 2 nitrogen and oxygen atoms in total. The van der Waals surface area contributed by atoms with Gasteiger partial charge in [-0.1, -0.05) is 28.4 Å². The van der Waals surface area contributed by atoms with E-state index in [1.807, 2.05) is 6.07 Å². The van der Waals surface area contributed by atoms with Crippen molar-refractivity contribution in [3.05, 3.63) is 28.2 Å². The van der Waals surface area contributed by atoms with E-state index < -0.39 is 0 Å². The molecule has 2 rings (SSSR count). The van der Waals surface area contributed by atoms with Gasteiger partial charge in [0, 0.05) is 17.9 Å². The van der Waals surface area contributed by atoms with Gasteiger partial charge in [0.25, 0.3) is 0 Å². The van der Waals surface area contributed by atoms with Crippen molar-refractivity contribution < 1.29 is 4.74 Å². The Morgan fingerprint density at radius 3 is 2.89 bits per heavy atom. The Kier molecular flexibility index (Phi) is 5.52. The van der Waals surface area contributed by atoms with Crippen molar-refractivity contribution in [3.63, 3.8) is 0 Å². The normalized spacial score (nSPS) is 20.9. The average Bonchev–Trinajstić information content (AvgIpc) is 2.39. The lowest BCUT2D eigenvalue weighted by atomic mass is 10.0. The number of nitrogens with zero attached hydrogens (tertiary/aromatic N) is 1. The fourth-order valence-corrected chi connectivity index (χ4v) is 3.81. The molecule has 1 saturated heterocycles. The summed E-state index contributed by atoms with van der Waals surface area (Å²) >= 11 is 7.18. The smallest absolute Gasteiger partial charge is 0.133 e. The van der Waals surface area contributed by atoms with Crippen LogP contribution in [0.3, 0.4) is 0 Å². The number of benzene rings is 1. The molecular weight excluding hydrogens is 358 g/mol. The molecule has 1 aliphatic rings. The van der Waals surface area contributed by atoms with E-state index in [2.05, 4.69) is 48.9 Å². The van der Waals surface area contributed by atoms with Crippen LogP contribution in [-0.2, 0) is 6.54 Å². The Hall–Kier alpha value is -0.0600. The Bertz CT molecular complexity index is 397. The van der Waals surface area contributed by atoms with Crippen LogP contribution in [0.5, 0.6) is 5.75 Å². The van der Waals surface area contributed by atoms with Gasteiger partial charge in [-0.25, -0.2) is 0 Å². The summed E-state index contributed by atoms with van der Waals surface area (Å²) in [5, 5.41) is 1.07. The molecule has 1 atom stereocenters. The lowest BCUT2D eigenvalue weighted by Gasteiger charge is -2.34. The summed E-state index contributed by atoms with van der Waals surface area (Å²) in [5.41, 5.74) is 1.34. The van der Waals surface area contributed by atoms with Gasteiger partial charge >= 0.3 is 0 Å².